The van der Waals surface area contributed by atoms with Crippen LogP contribution in [0.25, 0.3) is 120 Å². The SMILES string of the molecule is [C-]#[N+]c1cccc(C(F)(F)F)c1-c1ccc(-n2c3ccc(-c4ccc(C)cc4C)cc3c3cc(-c4ccc(C)cc4C)ccc32)c([N+]#[C-])c1-n1c2ccc(-c3ccc(C)cc3C)cc2c2cc(-c3ccc(C)cc3C)ccc21. The minimum Gasteiger partial charge on any atom is -0.319 e. The van der Waals surface area contributed by atoms with E-state index in [-0.39, 0.29) is 28.2 Å². The standard InChI is InChI=1S/C71H53F3N4/c1-40-14-22-52(44(5)32-40)48-18-27-63-57(36-48)58-37-49(53-23-15-41(2)33-45(53)6)19-28-64(58)77(63)67-31-26-56(68-61(71(72,73)74)12-11-13-62(68)75-9)70(69(67)76-10)78-65-29-20-50(54-24-16-42(3)34-46(54)7)38-59(65)60-39-51(21-30-66(60)78)55-25-17-43(4)35-47(55)8/h11-39H,1-8H3. The largest absolute Gasteiger partial charge is 0.415 e. The molecule has 0 aliphatic rings. The van der Waals surface area contributed by atoms with Gasteiger partial charge in [-0.25, -0.2) is 9.69 Å². The maximum absolute atomic E-state index is 15.6. The van der Waals surface area contributed by atoms with E-state index in [2.05, 4.69) is 203 Å². The van der Waals surface area contributed by atoms with Gasteiger partial charge in [0, 0.05) is 27.1 Å². The van der Waals surface area contributed by atoms with Gasteiger partial charge in [-0.15, -0.1) is 0 Å². The van der Waals surface area contributed by atoms with Crippen LogP contribution in [0.2, 0.25) is 0 Å². The molecule has 0 radical (unpaired) electrons. The van der Waals surface area contributed by atoms with Gasteiger partial charge < -0.3 is 9.13 Å². The van der Waals surface area contributed by atoms with Crippen molar-refractivity contribution in [3.63, 3.8) is 0 Å². The van der Waals surface area contributed by atoms with E-state index in [1.165, 1.54) is 23.3 Å². The molecule has 0 saturated heterocycles. The quantitative estimate of drug-likeness (QED) is 0.142. The van der Waals surface area contributed by atoms with Crippen LogP contribution < -0.4 is 0 Å². The minimum absolute atomic E-state index is 0.120. The number of aromatic nitrogens is 2. The summed E-state index contributed by atoms with van der Waals surface area (Å²) in [5.74, 6) is 0. The van der Waals surface area contributed by atoms with Gasteiger partial charge in [-0.2, -0.15) is 13.2 Å². The van der Waals surface area contributed by atoms with Crippen molar-refractivity contribution in [3.05, 3.63) is 249 Å². The zero-order valence-corrected chi connectivity index (χ0v) is 44.7. The Labute approximate surface area is 452 Å². The molecule has 12 rings (SSSR count). The lowest BCUT2D eigenvalue weighted by Crippen LogP contribution is -2.09. The van der Waals surface area contributed by atoms with Gasteiger partial charge in [0.2, 0.25) is 5.69 Å². The van der Waals surface area contributed by atoms with E-state index >= 15 is 13.2 Å². The molecule has 10 aromatic carbocycles. The fraction of sp³-hybridized carbons (Fsp3) is 0.127. The Morgan fingerprint density at radius 3 is 1.06 bits per heavy atom. The number of rotatable bonds is 7. The molecule has 78 heavy (non-hydrogen) atoms. The van der Waals surface area contributed by atoms with Gasteiger partial charge in [0.15, 0.2) is 5.69 Å². The van der Waals surface area contributed by atoms with Crippen LogP contribution >= 0.6 is 0 Å². The first-order chi connectivity index (χ1) is 37.5. The zero-order valence-electron chi connectivity index (χ0n) is 44.7. The van der Waals surface area contributed by atoms with Crippen LogP contribution in [0.4, 0.5) is 24.5 Å². The molecule has 0 unspecified atom stereocenters. The maximum atomic E-state index is 15.6. The van der Waals surface area contributed by atoms with Crippen molar-refractivity contribution in [2.45, 2.75) is 61.6 Å². The summed E-state index contributed by atoms with van der Waals surface area (Å²) in [6.45, 7) is 34.5. The number of benzene rings is 10. The Bertz CT molecular complexity index is 4390. The van der Waals surface area contributed by atoms with Gasteiger partial charge in [-0.1, -0.05) is 144 Å². The van der Waals surface area contributed by atoms with E-state index in [9.17, 15) is 6.57 Å². The van der Waals surface area contributed by atoms with E-state index < -0.39 is 11.7 Å². The van der Waals surface area contributed by atoms with Crippen molar-refractivity contribution in [3.8, 4) is 67.0 Å². The maximum Gasteiger partial charge on any atom is 0.415 e. The van der Waals surface area contributed by atoms with Gasteiger partial charge in [0.05, 0.1) is 52.1 Å². The first-order valence-electron chi connectivity index (χ1n) is 26.1. The topological polar surface area (TPSA) is 18.6 Å². The highest BCUT2D eigenvalue weighted by atomic mass is 19.4. The summed E-state index contributed by atoms with van der Waals surface area (Å²) in [5.41, 5.74) is 20.2. The summed E-state index contributed by atoms with van der Waals surface area (Å²) in [7, 11) is 0. The second kappa shape index (κ2) is 18.7. The second-order valence-corrected chi connectivity index (χ2v) is 21.1. The minimum atomic E-state index is -4.83. The van der Waals surface area contributed by atoms with Crippen molar-refractivity contribution in [2.75, 3.05) is 0 Å². The molecule has 0 amide bonds. The molecule has 0 fully saturated rings. The van der Waals surface area contributed by atoms with E-state index in [1.54, 1.807) is 12.1 Å². The summed E-state index contributed by atoms with van der Waals surface area (Å²) in [6, 6.07) is 58.3. The predicted molar refractivity (Wildman–Crippen MR) is 318 cm³/mol. The Balaban J connectivity index is 1.22. The van der Waals surface area contributed by atoms with Crippen LogP contribution in [0.15, 0.2) is 176 Å². The Morgan fingerprint density at radius 2 is 0.731 bits per heavy atom. The number of hydrogen-bond donors (Lipinski definition) is 0. The molecule has 2 aromatic heterocycles. The third-order valence-electron chi connectivity index (χ3n) is 15.7. The summed E-state index contributed by atoms with van der Waals surface area (Å²) >= 11 is 0. The van der Waals surface area contributed by atoms with Crippen LogP contribution in [-0.2, 0) is 6.18 Å². The van der Waals surface area contributed by atoms with Gasteiger partial charge in [-0.3, -0.25) is 0 Å². The summed E-state index contributed by atoms with van der Waals surface area (Å²) < 4.78 is 50.9. The Kier molecular flexibility index (Phi) is 11.8. The van der Waals surface area contributed by atoms with Crippen LogP contribution in [0, 0.1) is 68.5 Å². The van der Waals surface area contributed by atoms with Gasteiger partial charge in [0.25, 0.3) is 0 Å². The molecular formula is C71H53F3N4. The van der Waals surface area contributed by atoms with Crippen molar-refractivity contribution >= 4 is 55.0 Å². The highest BCUT2D eigenvalue weighted by molar-refractivity contribution is 6.15. The molecule has 378 valence electrons. The molecular weight excluding hydrogens is 966 g/mol. The third kappa shape index (κ3) is 8.14. The molecule has 0 atom stereocenters. The fourth-order valence-electron chi connectivity index (χ4n) is 12.2. The molecule has 12 aromatic rings. The van der Waals surface area contributed by atoms with Crippen LogP contribution in [0.5, 0.6) is 0 Å². The first-order valence-corrected chi connectivity index (χ1v) is 26.1. The van der Waals surface area contributed by atoms with Crippen molar-refractivity contribution in [1.82, 2.24) is 9.13 Å². The lowest BCUT2D eigenvalue weighted by Gasteiger charge is -2.23. The number of fused-ring (bicyclic) bond motifs is 6. The normalized spacial score (nSPS) is 11.8. The summed E-state index contributed by atoms with van der Waals surface area (Å²) in [5, 5.41) is 3.65. The number of hydrogen-bond acceptors (Lipinski definition) is 0. The number of aryl methyl sites for hydroxylation is 8. The molecule has 0 spiro atoms. The average molecular weight is 1020 g/mol. The van der Waals surface area contributed by atoms with E-state index in [1.807, 2.05) is 16.7 Å². The van der Waals surface area contributed by atoms with E-state index in [4.69, 9.17) is 6.57 Å². The predicted octanol–water partition coefficient (Wildman–Crippen LogP) is 20.8. The second-order valence-electron chi connectivity index (χ2n) is 21.1. The van der Waals surface area contributed by atoms with Crippen LogP contribution in [0.3, 0.4) is 0 Å². The van der Waals surface area contributed by atoms with Crippen LogP contribution in [-0.4, -0.2) is 9.13 Å². The fourth-order valence-corrected chi connectivity index (χ4v) is 12.2. The van der Waals surface area contributed by atoms with Crippen LogP contribution in [0.1, 0.15) is 50.1 Å². The Hall–Kier alpha value is -9.43. The lowest BCUT2D eigenvalue weighted by atomic mass is 9.94. The molecule has 0 aliphatic carbocycles. The Morgan fingerprint density at radius 1 is 0.372 bits per heavy atom. The number of alkyl halides is 3. The van der Waals surface area contributed by atoms with E-state index in [0.717, 1.165) is 117 Å². The van der Waals surface area contributed by atoms with Gasteiger partial charge in [-0.05, 0) is 182 Å². The molecule has 7 heteroatoms. The lowest BCUT2D eigenvalue weighted by molar-refractivity contribution is -0.137. The molecule has 4 nitrogen and oxygen atoms in total. The average Bonchev–Trinajstić information content (AvgIpc) is 4.15. The first kappa shape index (κ1) is 49.4. The smallest absolute Gasteiger partial charge is 0.319 e. The van der Waals surface area contributed by atoms with Crippen molar-refractivity contribution in [1.29, 1.82) is 0 Å². The number of halogens is 3. The summed E-state index contributed by atoms with van der Waals surface area (Å²) in [6.07, 6.45) is -4.83. The molecule has 0 saturated carbocycles. The zero-order chi connectivity index (χ0) is 54.5. The number of nitrogens with zero attached hydrogens (tertiary/aromatic N) is 4. The highest BCUT2D eigenvalue weighted by Gasteiger charge is 2.36. The molecule has 0 N–H and O–H groups in total. The van der Waals surface area contributed by atoms with Gasteiger partial charge >= 0.3 is 6.18 Å². The molecule has 0 bridgehead atoms. The van der Waals surface area contributed by atoms with Crippen molar-refractivity contribution in [2.24, 2.45) is 0 Å². The van der Waals surface area contributed by atoms with Gasteiger partial charge in [0.1, 0.15) is 0 Å². The molecule has 2 heterocycles. The van der Waals surface area contributed by atoms with E-state index in [0.29, 0.717) is 16.7 Å². The summed E-state index contributed by atoms with van der Waals surface area (Å²) in [4.78, 5) is 8.18. The molecule has 0 aliphatic heterocycles. The third-order valence-corrected chi connectivity index (χ3v) is 15.7. The van der Waals surface area contributed by atoms with Crippen molar-refractivity contribution < 1.29 is 13.2 Å². The highest BCUT2D eigenvalue weighted by Crippen LogP contribution is 2.51. The monoisotopic (exact) mass is 1020 g/mol.